The summed E-state index contributed by atoms with van der Waals surface area (Å²) in [5, 5.41) is 2.79. The van der Waals surface area contributed by atoms with Crippen molar-refractivity contribution in [2.24, 2.45) is 5.73 Å². The van der Waals surface area contributed by atoms with Crippen molar-refractivity contribution in [2.45, 2.75) is 25.4 Å². The minimum Gasteiger partial charge on any atom is -0.356 e. The van der Waals surface area contributed by atoms with Crippen LogP contribution in [0.25, 0.3) is 0 Å². The van der Waals surface area contributed by atoms with Gasteiger partial charge in [0.25, 0.3) is 0 Å². The molecule has 21 heavy (non-hydrogen) atoms. The largest absolute Gasteiger partial charge is 0.356 e. The molecular weight excluding hydrogens is 268 g/mol. The van der Waals surface area contributed by atoms with Gasteiger partial charge in [0.05, 0.1) is 0 Å². The molecule has 0 radical (unpaired) electrons. The van der Waals surface area contributed by atoms with Gasteiger partial charge in [0.15, 0.2) is 0 Å². The molecule has 6 heteroatoms. The second-order valence-corrected chi connectivity index (χ2v) is 6.18. The number of carbonyl (C=O) groups excluding carboxylic acids is 2. The Labute approximate surface area is 123 Å². The van der Waals surface area contributed by atoms with Crippen molar-refractivity contribution in [2.75, 3.05) is 30.4 Å². The maximum absolute atomic E-state index is 12.4. The topological polar surface area (TPSA) is 78.7 Å². The van der Waals surface area contributed by atoms with Crippen LogP contribution in [0.5, 0.6) is 0 Å². The van der Waals surface area contributed by atoms with E-state index in [0.29, 0.717) is 6.54 Å². The molecule has 1 aromatic carbocycles. The highest BCUT2D eigenvalue weighted by atomic mass is 16.2. The molecular formula is C15H20N4O2. The van der Waals surface area contributed by atoms with E-state index in [1.54, 1.807) is 4.90 Å². The molecule has 0 bridgehead atoms. The van der Waals surface area contributed by atoms with Gasteiger partial charge in [-0.05, 0) is 26.0 Å². The first kappa shape index (κ1) is 13.9. The molecule has 1 atom stereocenters. The molecule has 112 valence electrons. The Kier molecular flexibility index (Phi) is 2.95. The first-order valence-electron chi connectivity index (χ1n) is 7.06. The summed E-state index contributed by atoms with van der Waals surface area (Å²) in [6.07, 6.45) is 0. The third-order valence-electron chi connectivity index (χ3n) is 4.43. The van der Waals surface area contributed by atoms with E-state index in [0.717, 1.165) is 23.5 Å². The van der Waals surface area contributed by atoms with E-state index < -0.39 is 11.6 Å². The number of carbonyl (C=O) groups is 2. The highest BCUT2D eigenvalue weighted by Gasteiger charge is 2.41. The molecule has 6 nitrogen and oxygen atoms in total. The summed E-state index contributed by atoms with van der Waals surface area (Å²) in [6, 6.07) is 5.10. The third-order valence-corrected chi connectivity index (χ3v) is 4.43. The molecule has 0 aromatic heterocycles. The lowest BCUT2D eigenvalue weighted by Gasteiger charge is -2.46. The fraction of sp³-hybridized carbons (Fsp3) is 0.467. The van der Waals surface area contributed by atoms with Crippen LogP contribution in [0.2, 0.25) is 0 Å². The smallest absolute Gasteiger partial charge is 0.247 e. The Balaban J connectivity index is 1.97. The van der Waals surface area contributed by atoms with E-state index >= 15 is 0 Å². The lowest BCUT2D eigenvalue weighted by molar-refractivity contribution is -0.136. The maximum Gasteiger partial charge on any atom is 0.247 e. The van der Waals surface area contributed by atoms with Crippen LogP contribution in [-0.2, 0) is 9.59 Å². The van der Waals surface area contributed by atoms with Gasteiger partial charge in [-0.2, -0.15) is 0 Å². The van der Waals surface area contributed by atoms with Gasteiger partial charge in [-0.15, -0.1) is 0 Å². The Morgan fingerprint density at radius 3 is 2.71 bits per heavy atom. The summed E-state index contributed by atoms with van der Waals surface area (Å²) in [5.74, 6) is -0.0918. The fourth-order valence-corrected chi connectivity index (χ4v) is 3.11. The van der Waals surface area contributed by atoms with Crippen molar-refractivity contribution in [3.05, 3.63) is 23.8 Å². The first-order chi connectivity index (χ1) is 9.82. The van der Waals surface area contributed by atoms with Gasteiger partial charge >= 0.3 is 0 Å². The van der Waals surface area contributed by atoms with E-state index in [1.807, 2.05) is 39.1 Å². The van der Waals surface area contributed by atoms with Crippen molar-refractivity contribution in [1.82, 2.24) is 4.90 Å². The third kappa shape index (κ3) is 1.98. The summed E-state index contributed by atoms with van der Waals surface area (Å²) < 4.78 is 0. The van der Waals surface area contributed by atoms with Crippen LogP contribution in [0.1, 0.15) is 25.5 Å². The molecule has 1 fully saturated rings. The number of likely N-dealkylation sites (N-methyl/N-ethyl adjacent to an activating group) is 1. The standard InChI is InChI=1S/C15H20N4O2/c1-15(2)14(21)18(3)6-7-19(15)9-4-5-10-11(8-9)17-13(20)12(10)16/h4-5,8,12H,6-7,16H2,1-3H3,(H,17,20). The number of rotatable bonds is 1. The second kappa shape index (κ2) is 4.46. The number of nitrogens with zero attached hydrogens (tertiary/aromatic N) is 2. The lowest BCUT2D eigenvalue weighted by atomic mass is 9.96. The molecule has 2 amide bonds. The zero-order valence-electron chi connectivity index (χ0n) is 12.5. The Morgan fingerprint density at radius 2 is 2.00 bits per heavy atom. The van der Waals surface area contributed by atoms with Crippen molar-refractivity contribution in [1.29, 1.82) is 0 Å². The van der Waals surface area contributed by atoms with Crippen molar-refractivity contribution < 1.29 is 9.59 Å². The van der Waals surface area contributed by atoms with Crippen LogP contribution < -0.4 is 16.0 Å². The minimum atomic E-state index is -0.605. The molecule has 1 unspecified atom stereocenters. The van der Waals surface area contributed by atoms with E-state index in [9.17, 15) is 9.59 Å². The quantitative estimate of drug-likeness (QED) is 0.797. The highest BCUT2D eigenvalue weighted by molar-refractivity contribution is 6.03. The summed E-state index contributed by atoms with van der Waals surface area (Å²) in [7, 11) is 1.82. The van der Waals surface area contributed by atoms with Gasteiger partial charge in [0, 0.05) is 37.1 Å². The Morgan fingerprint density at radius 1 is 1.29 bits per heavy atom. The molecule has 3 N–H and O–H groups in total. The van der Waals surface area contributed by atoms with Gasteiger partial charge in [0.2, 0.25) is 11.8 Å². The summed E-state index contributed by atoms with van der Waals surface area (Å²) in [4.78, 5) is 27.8. The van der Waals surface area contributed by atoms with Gasteiger partial charge in [0.1, 0.15) is 11.6 Å². The molecule has 3 rings (SSSR count). The number of piperazine rings is 1. The van der Waals surface area contributed by atoms with Crippen molar-refractivity contribution >= 4 is 23.2 Å². The molecule has 2 aliphatic heterocycles. The van der Waals surface area contributed by atoms with Gasteiger partial charge < -0.3 is 20.9 Å². The number of hydrogen-bond donors (Lipinski definition) is 2. The molecule has 1 aromatic rings. The number of amides is 2. The zero-order chi connectivity index (χ0) is 15.4. The molecule has 0 spiro atoms. The number of nitrogens with one attached hydrogen (secondary N) is 1. The molecule has 2 aliphatic rings. The van der Waals surface area contributed by atoms with Crippen LogP contribution in [0.3, 0.4) is 0 Å². The minimum absolute atomic E-state index is 0.0926. The molecule has 0 saturated carbocycles. The Hall–Kier alpha value is -2.08. The average molecular weight is 288 g/mol. The van der Waals surface area contributed by atoms with Crippen LogP contribution in [0.15, 0.2) is 18.2 Å². The molecule has 2 heterocycles. The second-order valence-electron chi connectivity index (χ2n) is 6.18. The van der Waals surface area contributed by atoms with Crippen LogP contribution in [-0.4, -0.2) is 42.4 Å². The SMILES string of the molecule is CN1CCN(c2ccc3c(c2)NC(=O)C3N)C(C)(C)C1=O. The van der Waals surface area contributed by atoms with E-state index in [1.165, 1.54) is 0 Å². The van der Waals surface area contributed by atoms with Crippen LogP contribution >= 0.6 is 0 Å². The van der Waals surface area contributed by atoms with Gasteiger partial charge in [-0.25, -0.2) is 0 Å². The predicted octanol–water partition coefficient (Wildman–Crippen LogP) is 0.695. The van der Waals surface area contributed by atoms with Crippen molar-refractivity contribution in [3.8, 4) is 0 Å². The Bertz CT molecular complexity index is 626. The summed E-state index contributed by atoms with van der Waals surface area (Å²) in [6.45, 7) is 5.28. The van der Waals surface area contributed by atoms with Gasteiger partial charge in [-0.1, -0.05) is 6.07 Å². The monoisotopic (exact) mass is 288 g/mol. The predicted molar refractivity (Wildman–Crippen MR) is 81.1 cm³/mol. The summed E-state index contributed by atoms with van der Waals surface area (Å²) in [5.41, 5.74) is 7.70. The lowest BCUT2D eigenvalue weighted by Crippen LogP contribution is -2.62. The van der Waals surface area contributed by atoms with Crippen molar-refractivity contribution in [3.63, 3.8) is 0 Å². The summed E-state index contributed by atoms with van der Waals surface area (Å²) >= 11 is 0. The average Bonchev–Trinajstić information content (AvgIpc) is 2.71. The van der Waals surface area contributed by atoms with Crippen LogP contribution in [0, 0.1) is 0 Å². The molecule has 1 saturated heterocycles. The maximum atomic E-state index is 12.4. The van der Waals surface area contributed by atoms with Gasteiger partial charge in [-0.3, -0.25) is 9.59 Å². The fourth-order valence-electron chi connectivity index (χ4n) is 3.11. The van der Waals surface area contributed by atoms with E-state index in [4.69, 9.17) is 5.73 Å². The number of nitrogens with two attached hydrogens (primary N) is 1. The molecule has 0 aliphatic carbocycles. The number of hydrogen-bond acceptors (Lipinski definition) is 4. The number of anilines is 2. The highest BCUT2D eigenvalue weighted by Crippen LogP contribution is 2.36. The number of fused-ring (bicyclic) bond motifs is 1. The normalized spacial score (nSPS) is 24.1. The first-order valence-corrected chi connectivity index (χ1v) is 7.06. The van der Waals surface area contributed by atoms with E-state index in [-0.39, 0.29) is 11.8 Å². The van der Waals surface area contributed by atoms with Crippen LogP contribution in [0.4, 0.5) is 11.4 Å². The van der Waals surface area contributed by atoms with E-state index in [2.05, 4.69) is 10.2 Å². The zero-order valence-corrected chi connectivity index (χ0v) is 12.5. The number of benzene rings is 1.